The lowest BCUT2D eigenvalue weighted by Gasteiger charge is -2.09. The molecule has 0 spiro atoms. The van der Waals surface area contributed by atoms with Gasteiger partial charge in [-0.2, -0.15) is 0 Å². The van der Waals surface area contributed by atoms with E-state index in [1.54, 1.807) is 0 Å². The average molecular weight is 345 g/mol. The van der Waals surface area contributed by atoms with Crippen molar-refractivity contribution in [1.82, 2.24) is 0 Å². The van der Waals surface area contributed by atoms with Crippen LogP contribution in [0.3, 0.4) is 0 Å². The maximum Gasteiger partial charge on any atom is 0.202 e. The molecule has 20 heavy (non-hydrogen) atoms. The molecule has 0 aliphatic carbocycles. The van der Waals surface area contributed by atoms with Crippen LogP contribution < -0.4 is 4.74 Å². The minimum Gasteiger partial charge on any atom is -0.496 e. The second-order valence-corrected chi connectivity index (χ2v) is 4.83. The summed E-state index contributed by atoms with van der Waals surface area (Å²) in [6, 6.07) is 5.10. The topological polar surface area (TPSA) is 26.3 Å². The summed E-state index contributed by atoms with van der Waals surface area (Å²) < 4.78 is 45.8. The summed E-state index contributed by atoms with van der Waals surface area (Å²) in [6.07, 6.45) is 0. The Kier molecular flexibility index (Phi) is 4.13. The molecule has 0 unspecified atom stereocenters. The van der Waals surface area contributed by atoms with E-state index < -0.39 is 28.8 Å². The molecule has 0 radical (unpaired) electrons. The van der Waals surface area contributed by atoms with Gasteiger partial charge in [-0.3, -0.25) is 4.79 Å². The van der Waals surface area contributed by atoms with E-state index in [1.165, 1.54) is 13.2 Å². The van der Waals surface area contributed by atoms with Gasteiger partial charge in [-0.25, -0.2) is 13.2 Å². The molecule has 0 saturated carbocycles. The summed E-state index contributed by atoms with van der Waals surface area (Å²) >= 11 is 2.92. The number of rotatable bonds is 3. The molecule has 0 atom stereocenters. The standard InChI is InChI=1S/C14H8BrF3O2/c1-20-12-3-2-8(16)6-9(12)14(19)13-10(17)4-7(15)5-11(13)18/h2-6H,1H3. The van der Waals surface area contributed by atoms with E-state index in [0.717, 1.165) is 24.3 Å². The van der Waals surface area contributed by atoms with Gasteiger partial charge >= 0.3 is 0 Å². The average Bonchev–Trinajstić information content (AvgIpc) is 2.37. The van der Waals surface area contributed by atoms with E-state index in [4.69, 9.17) is 4.74 Å². The van der Waals surface area contributed by atoms with E-state index in [0.29, 0.717) is 0 Å². The fourth-order valence-electron chi connectivity index (χ4n) is 1.75. The Hall–Kier alpha value is -1.82. The van der Waals surface area contributed by atoms with Gasteiger partial charge < -0.3 is 4.74 Å². The third kappa shape index (κ3) is 2.70. The molecule has 0 saturated heterocycles. The molecular weight excluding hydrogens is 337 g/mol. The normalized spacial score (nSPS) is 10.4. The molecule has 0 amide bonds. The smallest absolute Gasteiger partial charge is 0.202 e. The van der Waals surface area contributed by atoms with E-state index >= 15 is 0 Å². The summed E-state index contributed by atoms with van der Waals surface area (Å²) in [5, 5.41) is 0. The van der Waals surface area contributed by atoms with Crippen molar-refractivity contribution in [3.05, 3.63) is 63.4 Å². The van der Waals surface area contributed by atoms with E-state index in [2.05, 4.69) is 15.9 Å². The van der Waals surface area contributed by atoms with Gasteiger partial charge in [0.1, 0.15) is 23.2 Å². The van der Waals surface area contributed by atoms with Crippen LogP contribution in [0.25, 0.3) is 0 Å². The Morgan fingerprint density at radius 3 is 2.25 bits per heavy atom. The molecular formula is C14H8BrF3O2. The molecule has 0 aliphatic heterocycles. The van der Waals surface area contributed by atoms with Crippen molar-refractivity contribution in [3.63, 3.8) is 0 Å². The molecule has 0 heterocycles. The zero-order valence-corrected chi connectivity index (χ0v) is 11.8. The van der Waals surface area contributed by atoms with Crippen LogP contribution in [-0.4, -0.2) is 12.9 Å². The first-order valence-electron chi connectivity index (χ1n) is 5.47. The fraction of sp³-hybridized carbons (Fsp3) is 0.0714. The van der Waals surface area contributed by atoms with Crippen LogP contribution in [0.2, 0.25) is 0 Å². The molecule has 0 N–H and O–H groups in total. The Bertz CT molecular complexity index is 663. The quantitative estimate of drug-likeness (QED) is 0.783. The summed E-state index contributed by atoms with van der Waals surface area (Å²) in [5.41, 5.74) is -0.996. The number of carbonyl (C=O) groups is 1. The van der Waals surface area contributed by atoms with Gasteiger partial charge in [0.2, 0.25) is 5.78 Å². The summed E-state index contributed by atoms with van der Waals surface area (Å²) in [6.45, 7) is 0. The van der Waals surface area contributed by atoms with Crippen LogP contribution in [-0.2, 0) is 0 Å². The minimum absolute atomic E-state index is 0.0399. The number of hydrogen-bond acceptors (Lipinski definition) is 2. The van der Waals surface area contributed by atoms with Crippen molar-refractivity contribution >= 4 is 21.7 Å². The molecule has 0 bridgehead atoms. The van der Waals surface area contributed by atoms with Crippen LogP contribution in [0.4, 0.5) is 13.2 Å². The summed E-state index contributed by atoms with van der Waals surface area (Å²) in [5.74, 6) is -3.71. The first-order valence-corrected chi connectivity index (χ1v) is 6.26. The molecule has 6 heteroatoms. The number of methoxy groups -OCH3 is 1. The van der Waals surface area contributed by atoms with Crippen LogP contribution in [0.1, 0.15) is 15.9 Å². The van der Waals surface area contributed by atoms with Crippen LogP contribution >= 0.6 is 15.9 Å². The largest absolute Gasteiger partial charge is 0.496 e. The lowest BCUT2D eigenvalue weighted by atomic mass is 10.0. The minimum atomic E-state index is -1.03. The van der Waals surface area contributed by atoms with Crippen LogP contribution in [0.15, 0.2) is 34.8 Å². The first-order chi connectivity index (χ1) is 9.43. The van der Waals surface area contributed by atoms with Crippen molar-refractivity contribution < 1.29 is 22.7 Å². The highest BCUT2D eigenvalue weighted by Crippen LogP contribution is 2.27. The molecule has 104 valence electrons. The fourth-order valence-corrected chi connectivity index (χ4v) is 2.15. The van der Waals surface area contributed by atoms with E-state index in [-0.39, 0.29) is 15.8 Å². The maximum absolute atomic E-state index is 13.8. The number of halogens is 4. The van der Waals surface area contributed by atoms with E-state index in [9.17, 15) is 18.0 Å². The Morgan fingerprint density at radius 2 is 1.70 bits per heavy atom. The SMILES string of the molecule is COc1ccc(F)cc1C(=O)c1c(F)cc(Br)cc1F. The predicted molar refractivity (Wildman–Crippen MR) is 70.4 cm³/mol. The Labute approximate surface area is 121 Å². The molecule has 2 aromatic rings. The number of ketones is 1. The third-order valence-corrected chi connectivity index (χ3v) is 3.10. The highest BCUT2D eigenvalue weighted by molar-refractivity contribution is 9.10. The summed E-state index contributed by atoms with van der Waals surface area (Å²) in [7, 11) is 1.28. The van der Waals surface area contributed by atoms with Crippen LogP contribution in [0, 0.1) is 17.5 Å². The molecule has 0 aromatic heterocycles. The van der Waals surface area contributed by atoms with Crippen molar-refractivity contribution in [1.29, 1.82) is 0 Å². The first kappa shape index (κ1) is 14.6. The number of benzene rings is 2. The highest BCUT2D eigenvalue weighted by Gasteiger charge is 2.23. The highest BCUT2D eigenvalue weighted by atomic mass is 79.9. The van der Waals surface area contributed by atoms with Gasteiger partial charge in [0.25, 0.3) is 0 Å². The number of carbonyl (C=O) groups excluding carboxylic acids is 1. The van der Waals surface area contributed by atoms with Crippen LogP contribution in [0.5, 0.6) is 5.75 Å². The van der Waals surface area contributed by atoms with Crippen molar-refractivity contribution in [3.8, 4) is 5.75 Å². The number of ether oxygens (including phenoxy) is 1. The van der Waals surface area contributed by atoms with Gasteiger partial charge in [0.15, 0.2) is 0 Å². The molecule has 0 fully saturated rings. The predicted octanol–water partition coefficient (Wildman–Crippen LogP) is 4.11. The van der Waals surface area contributed by atoms with Gasteiger partial charge in [-0.15, -0.1) is 0 Å². The molecule has 2 nitrogen and oxygen atoms in total. The Morgan fingerprint density at radius 1 is 1.10 bits per heavy atom. The lowest BCUT2D eigenvalue weighted by Crippen LogP contribution is -2.09. The molecule has 0 aliphatic rings. The Balaban J connectivity index is 2.60. The second kappa shape index (κ2) is 5.66. The van der Waals surface area contributed by atoms with Gasteiger partial charge in [-0.05, 0) is 30.3 Å². The molecule has 2 rings (SSSR count). The van der Waals surface area contributed by atoms with Gasteiger partial charge in [0.05, 0.1) is 18.2 Å². The van der Waals surface area contributed by atoms with Crippen molar-refractivity contribution in [2.75, 3.05) is 7.11 Å². The maximum atomic E-state index is 13.8. The van der Waals surface area contributed by atoms with Crippen molar-refractivity contribution in [2.45, 2.75) is 0 Å². The monoisotopic (exact) mass is 344 g/mol. The van der Waals surface area contributed by atoms with Gasteiger partial charge in [-0.1, -0.05) is 15.9 Å². The van der Waals surface area contributed by atoms with Gasteiger partial charge in [0, 0.05) is 4.47 Å². The summed E-state index contributed by atoms with van der Waals surface area (Å²) in [4.78, 5) is 12.2. The second-order valence-electron chi connectivity index (χ2n) is 3.92. The van der Waals surface area contributed by atoms with E-state index in [1.807, 2.05) is 0 Å². The molecule has 2 aromatic carbocycles. The third-order valence-electron chi connectivity index (χ3n) is 2.64. The zero-order valence-electron chi connectivity index (χ0n) is 10.2. The number of hydrogen-bond donors (Lipinski definition) is 0. The zero-order chi connectivity index (χ0) is 14.9. The van der Waals surface area contributed by atoms with Crippen molar-refractivity contribution in [2.24, 2.45) is 0 Å². The lowest BCUT2D eigenvalue weighted by molar-refractivity contribution is 0.102.